The van der Waals surface area contributed by atoms with Gasteiger partial charge in [0.05, 0.1) is 24.7 Å². The van der Waals surface area contributed by atoms with E-state index in [0.29, 0.717) is 56.2 Å². The molecule has 3 radical (unpaired) electrons. The van der Waals surface area contributed by atoms with Crippen molar-refractivity contribution in [3.8, 4) is 11.8 Å². The number of hydrogen-bond donors (Lipinski definition) is 2. The van der Waals surface area contributed by atoms with E-state index in [0.717, 1.165) is 55.7 Å². The first-order valence-electron chi connectivity index (χ1n) is 19.0. The largest absolute Gasteiger partial charge is 1.00 e. The molecule has 0 bridgehead atoms. The Balaban J connectivity index is 0.000000256. The Kier molecular flexibility index (Phi) is 17.2. The van der Waals surface area contributed by atoms with Gasteiger partial charge in [-0.1, -0.05) is 71.7 Å². The van der Waals surface area contributed by atoms with E-state index in [2.05, 4.69) is 19.8 Å². The smallest absolute Gasteiger partial charge is 1.00 e. The molecule has 0 spiro atoms. The number of carbonyl (C=O) groups is 2. The standard InChI is InChI=1S/C23H23ClN2O3.C23H19ClN2O3.B.Na.H/c2*24-20-6-2-1-5-19(20)23(28)16-8-9-21(17(13-16)15-27)26-12-10-18(14-26)29-22-7-3-4-11-25-22;;;/h1-9,11,13,18,23,27-28H,10,12,14-15H2;1-9,11,13,15,18H,10,12,14H2;;;/q;;;+1;-1/t18-,23?;18-;;;/m00.../s1. The van der Waals surface area contributed by atoms with Crippen LogP contribution in [0.15, 0.2) is 134 Å². The van der Waals surface area contributed by atoms with E-state index in [4.69, 9.17) is 32.7 Å². The predicted octanol–water partition coefficient (Wildman–Crippen LogP) is 5.14. The Morgan fingerprint density at radius 1 is 0.767 bits per heavy atom. The van der Waals surface area contributed by atoms with Gasteiger partial charge in [0.25, 0.3) is 0 Å². The fraction of sp³-hybridized carbons (Fsp3) is 0.217. The molecule has 2 aliphatic heterocycles. The van der Waals surface area contributed by atoms with Crippen molar-refractivity contribution >= 4 is 55.1 Å². The maximum Gasteiger partial charge on any atom is 1.00 e. The summed E-state index contributed by atoms with van der Waals surface area (Å²) in [7, 11) is 0. The molecule has 2 fully saturated rings. The predicted molar refractivity (Wildman–Crippen MR) is 232 cm³/mol. The number of ether oxygens (including phenoxy) is 2. The molecule has 2 saturated heterocycles. The Morgan fingerprint density at radius 2 is 1.33 bits per heavy atom. The Bertz CT molecular complexity index is 2360. The van der Waals surface area contributed by atoms with E-state index >= 15 is 0 Å². The van der Waals surface area contributed by atoms with Crippen LogP contribution in [0.2, 0.25) is 10.0 Å². The van der Waals surface area contributed by atoms with E-state index in [1.165, 1.54) is 0 Å². The fourth-order valence-electron chi connectivity index (χ4n) is 7.23. The zero-order valence-electron chi connectivity index (χ0n) is 34.1. The van der Waals surface area contributed by atoms with E-state index in [1.54, 1.807) is 60.9 Å². The second-order valence-corrected chi connectivity index (χ2v) is 14.8. The monoisotopic (exact) mass is 851 g/mol. The minimum Gasteiger partial charge on any atom is -1.00 e. The van der Waals surface area contributed by atoms with Crippen LogP contribution in [-0.2, 0) is 6.61 Å². The summed E-state index contributed by atoms with van der Waals surface area (Å²) >= 11 is 12.4. The second-order valence-electron chi connectivity index (χ2n) is 14.0. The summed E-state index contributed by atoms with van der Waals surface area (Å²) in [4.78, 5) is 37.2. The number of aliphatic hydroxyl groups is 2. The van der Waals surface area contributed by atoms with Gasteiger partial charge in [0.1, 0.15) is 18.3 Å². The second kappa shape index (κ2) is 22.2. The van der Waals surface area contributed by atoms with Crippen LogP contribution in [0, 0.1) is 0 Å². The number of aromatic nitrogens is 2. The number of nitrogens with zero attached hydrogens (tertiary/aromatic N) is 4. The molecule has 3 atom stereocenters. The van der Waals surface area contributed by atoms with Gasteiger partial charge in [-0.15, -0.1) is 0 Å². The number of ketones is 1. The summed E-state index contributed by atoms with van der Waals surface area (Å²) in [5.41, 5.74) is 5.20. The first-order valence-corrected chi connectivity index (χ1v) is 19.8. The molecule has 6 aromatic rings. The van der Waals surface area contributed by atoms with Crippen LogP contribution >= 0.6 is 23.2 Å². The van der Waals surface area contributed by atoms with Crippen molar-refractivity contribution in [2.24, 2.45) is 0 Å². The summed E-state index contributed by atoms with van der Waals surface area (Å²) in [6.45, 7) is 2.85. The van der Waals surface area contributed by atoms with Crippen molar-refractivity contribution in [3.05, 3.63) is 177 Å². The summed E-state index contributed by atoms with van der Waals surface area (Å²) in [6, 6.07) is 36.2. The number of benzene rings is 4. The third-order valence-corrected chi connectivity index (χ3v) is 10.8. The summed E-state index contributed by atoms with van der Waals surface area (Å²) in [5, 5.41) is 21.6. The average molecular weight is 853 g/mol. The van der Waals surface area contributed by atoms with E-state index in [9.17, 15) is 19.8 Å². The zero-order valence-corrected chi connectivity index (χ0v) is 36.6. The molecule has 60 heavy (non-hydrogen) atoms. The normalized spacial score (nSPS) is 16.1. The first kappa shape index (κ1) is 46.4. The molecular weight excluding hydrogens is 809 g/mol. The molecule has 0 amide bonds. The number of aliphatic hydroxyl groups excluding tert-OH is 2. The number of halogens is 2. The summed E-state index contributed by atoms with van der Waals surface area (Å²) in [5.74, 6) is 1.01. The molecule has 0 aliphatic carbocycles. The van der Waals surface area contributed by atoms with Crippen molar-refractivity contribution in [1.29, 1.82) is 0 Å². The number of anilines is 2. The molecule has 301 valence electrons. The van der Waals surface area contributed by atoms with Gasteiger partial charge in [-0.05, 0) is 66.2 Å². The Hall–Kier alpha value is -4.72. The van der Waals surface area contributed by atoms with Crippen LogP contribution < -0.4 is 48.8 Å². The van der Waals surface area contributed by atoms with Crippen LogP contribution in [0.4, 0.5) is 11.4 Å². The number of rotatable bonds is 12. The zero-order chi connectivity index (χ0) is 40.4. The van der Waals surface area contributed by atoms with Crippen LogP contribution in [0.3, 0.4) is 0 Å². The van der Waals surface area contributed by atoms with Gasteiger partial charge in [-0.3, -0.25) is 9.59 Å². The molecule has 10 nitrogen and oxygen atoms in total. The molecular formula is C46H43BCl2N4NaO6. The number of carbonyl (C=O) groups excluding carboxylic acids is 2. The van der Waals surface area contributed by atoms with Crippen LogP contribution in [0.5, 0.6) is 11.8 Å². The van der Waals surface area contributed by atoms with Gasteiger partial charge in [0.15, 0.2) is 12.1 Å². The van der Waals surface area contributed by atoms with Gasteiger partial charge >= 0.3 is 29.6 Å². The van der Waals surface area contributed by atoms with Crippen LogP contribution in [-0.4, -0.2) is 79.1 Å². The minimum absolute atomic E-state index is 0. The third kappa shape index (κ3) is 11.4. The molecule has 2 aliphatic rings. The third-order valence-electron chi connectivity index (χ3n) is 10.1. The first-order chi connectivity index (χ1) is 28.3. The quantitative estimate of drug-likeness (QED) is 0.0973. The van der Waals surface area contributed by atoms with Gasteiger partial charge in [0, 0.05) is 103 Å². The Labute approximate surface area is 385 Å². The summed E-state index contributed by atoms with van der Waals surface area (Å²) in [6.07, 6.45) is 5.10. The van der Waals surface area contributed by atoms with E-state index in [1.807, 2.05) is 72.8 Å². The van der Waals surface area contributed by atoms with Crippen molar-refractivity contribution in [3.63, 3.8) is 0 Å². The van der Waals surface area contributed by atoms with Crippen molar-refractivity contribution in [1.82, 2.24) is 9.97 Å². The molecule has 2 N–H and O–H groups in total. The molecule has 8 rings (SSSR count). The van der Waals surface area contributed by atoms with Gasteiger partial charge in [-0.25, -0.2) is 9.97 Å². The van der Waals surface area contributed by atoms with Gasteiger partial charge < -0.3 is 30.9 Å². The number of hydrogen-bond acceptors (Lipinski definition) is 10. The summed E-state index contributed by atoms with van der Waals surface area (Å²) < 4.78 is 11.9. The van der Waals surface area contributed by atoms with Crippen LogP contribution in [0.1, 0.15) is 63.3 Å². The van der Waals surface area contributed by atoms with E-state index < -0.39 is 6.10 Å². The molecule has 14 heteroatoms. The number of aldehydes is 1. The van der Waals surface area contributed by atoms with Crippen molar-refractivity contribution in [2.75, 3.05) is 36.0 Å². The molecule has 4 aromatic carbocycles. The van der Waals surface area contributed by atoms with Crippen molar-refractivity contribution < 1.29 is 60.3 Å². The molecule has 2 aromatic heterocycles. The average Bonchev–Trinajstić information content (AvgIpc) is 3.94. The van der Waals surface area contributed by atoms with Crippen LogP contribution in [0.25, 0.3) is 0 Å². The topological polar surface area (TPSA) is 125 Å². The maximum atomic E-state index is 12.8. The maximum absolute atomic E-state index is 12.8. The Morgan fingerprint density at radius 3 is 1.90 bits per heavy atom. The van der Waals surface area contributed by atoms with Gasteiger partial charge in [-0.2, -0.15) is 0 Å². The SMILES string of the molecule is O=Cc1cc(C(=O)c2ccccc2Cl)ccc1N1CC[C@H](Oc2ccccn2)C1.OCc1cc(C(O)c2ccccc2Cl)ccc1N1CC[C@H](Oc2ccccn2)C1.[B].[H-].[Na+]. The molecule has 4 heterocycles. The molecule has 0 saturated carbocycles. The van der Waals surface area contributed by atoms with E-state index in [-0.39, 0.29) is 64.0 Å². The molecule has 1 unspecified atom stereocenters. The van der Waals surface area contributed by atoms with Crippen molar-refractivity contribution in [2.45, 2.75) is 37.8 Å². The number of pyridine rings is 2. The fourth-order valence-corrected chi connectivity index (χ4v) is 7.69. The minimum atomic E-state index is -0.845. The van der Waals surface area contributed by atoms with Gasteiger partial charge in [0.2, 0.25) is 11.8 Å².